The van der Waals surface area contributed by atoms with Crippen LogP contribution in [0.3, 0.4) is 0 Å². The first-order valence-corrected chi connectivity index (χ1v) is 20.2. The van der Waals surface area contributed by atoms with Crippen molar-refractivity contribution in [1.29, 1.82) is 0 Å². The number of halogens is 3. The molecule has 0 saturated carbocycles. The molecule has 7 rings (SSSR count). The summed E-state index contributed by atoms with van der Waals surface area (Å²) in [5, 5.41) is 3.77. The van der Waals surface area contributed by atoms with Gasteiger partial charge < -0.3 is 10.2 Å². The highest BCUT2D eigenvalue weighted by atomic mass is 35.5. The van der Waals surface area contributed by atoms with Crippen molar-refractivity contribution >= 4 is 29.4 Å². The van der Waals surface area contributed by atoms with Crippen LogP contribution in [0.4, 0.5) is 8.78 Å². The zero-order valence-corrected chi connectivity index (χ0v) is 33.0. The fourth-order valence-corrected chi connectivity index (χ4v) is 7.54. The van der Waals surface area contributed by atoms with Crippen molar-refractivity contribution in [3.8, 4) is 0 Å². The van der Waals surface area contributed by atoms with Crippen LogP contribution in [0.1, 0.15) is 69.1 Å². The number of carbonyl (C=O) groups is 2. The number of Topliss-reactive ketones (excluding diaryl/α,β-unsaturated/α-hetero) is 1. The van der Waals surface area contributed by atoms with Crippen molar-refractivity contribution in [3.63, 3.8) is 0 Å². The van der Waals surface area contributed by atoms with Crippen molar-refractivity contribution < 1.29 is 18.4 Å². The van der Waals surface area contributed by atoms with E-state index in [1.54, 1.807) is 24.3 Å². The van der Waals surface area contributed by atoms with E-state index in [0.717, 1.165) is 88.3 Å². The van der Waals surface area contributed by atoms with E-state index in [1.807, 2.05) is 72.8 Å². The van der Waals surface area contributed by atoms with Crippen LogP contribution in [0, 0.1) is 11.6 Å². The Morgan fingerprint density at radius 1 is 0.667 bits per heavy atom. The molecule has 0 atom stereocenters. The number of hydrogen-bond acceptors (Lipinski definition) is 5. The van der Waals surface area contributed by atoms with E-state index in [0.29, 0.717) is 17.0 Å². The Bertz CT molecular complexity index is 1950. The van der Waals surface area contributed by atoms with Gasteiger partial charge in [-0.25, -0.2) is 8.78 Å². The van der Waals surface area contributed by atoms with Gasteiger partial charge in [0.15, 0.2) is 5.78 Å². The van der Waals surface area contributed by atoms with Crippen molar-refractivity contribution in [2.45, 2.75) is 37.8 Å². The SMILES string of the molecule is Fc1ccc(C(c2ccc(F)cc2)N2CCN(C/C=C/c3ccccc3)CC2)cc1.O=C(CCCN1CCC(NC(=O)c2ccccc2)CC1)c1ccc(Cl)cc1. The molecular formula is C48H51ClF2N4O2. The van der Waals surface area contributed by atoms with E-state index >= 15 is 0 Å². The van der Waals surface area contributed by atoms with E-state index in [4.69, 9.17) is 11.6 Å². The maximum absolute atomic E-state index is 13.5. The first-order chi connectivity index (χ1) is 27.8. The Hall–Kier alpha value is -4.99. The fourth-order valence-electron chi connectivity index (χ4n) is 7.41. The lowest BCUT2D eigenvalue weighted by molar-refractivity contribution is 0.0903. The molecule has 0 aliphatic carbocycles. The van der Waals surface area contributed by atoms with E-state index in [9.17, 15) is 18.4 Å². The average Bonchev–Trinajstić information content (AvgIpc) is 3.24. The molecule has 5 aromatic rings. The summed E-state index contributed by atoms with van der Waals surface area (Å²) < 4.78 is 26.9. The van der Waals surface area contributed by atoms with Gasteiger partial charge in [-0.3, -0.25) is 19.4 Å². The lowest BCUT2D eigenvalue weighted by Crippen LogP contribution is -2.47. The number of ketones is 1. The van der Waals surface area contributed by atoms with Crippen LogP contribution in [-0.4, -0.2) is 84.8 Å². The standard InChI is InChI=1S/C26H26F2N2.C22H25ClN2O2/c27-24-12-8-22(9-13-24)26(23-10-14-25(28)15-11-23)30-19-17-29(18-20-30)16-4-7-21-5-2-1-3-6-21;23-19-10-8-17(9-11-19)21(26)7-4-14-25-15-12-20(13-16-25)24-22(27)18-5-2-1-3-6-18/h1-15,26H,16-20H2;1-3,5-6,8-11,20H,4,7,12-16H2,(H,24,27)/b7-4+;. The summed E-state index contributed by atoms with van der Waals surface area (Å²) in [5.41, 5.74) is 4.70. The van der Waals surface area contributed by atoms with Gasteiger partial charge in [-0.05, 0) is 103 Å². The minimum Gasteiger partial charge on any atom is -0.349 e. The van der Waals surface area contributed by atoms with Crippen LogP contribution in [0.5, 0.6) is 0 Å². The summed E-state index contributed by atoms with van der Waals surface area (Å²) in [6.45, 7) is 7.45. The zero-order chi connectivity index (χ0) is 39.8. The predicted octanol–water partition coefficient (Wildman–Crippen LogP) is 9.58. The smallest absolute Gasteiger partial charge is 0.251 e. The van der Waals surface area contributed by atoms with Crippen LogP contribution >= 0.6 is 11.6 Å². The number of rotatable bonds is 13. The largest absolute Gasteiger partial charge is 0.349 e. The summed E-state index contributed by atoms with van der Waals surface area (Å²) in [5.74, 6) is -0.322. The highest BCUT2D eigenvalue weighted by Gasteiger charge is 2.26. The number of likely N-dealkylation sites (tertiary alicyclic amines) is 1. The normalized spacial score (nSPS) is 15.6. The minimum absolute atomic E-state index is 0.00242. The van der Waals surface area contributed by atoms with E-state index in [1.165, 1.54) is 29.8 Å². The van der Waals surface area contributed by atoms with Crippen molar-refractivity contribution in [3.05, 3.63) is 184 Å². The molecule has 0 spiro atoms. The lowest BCUT2D eigenvalue weighted by Gasteiger charge is -2.39. The summed E-state index contributed by atoms with van der Waals surface area (Å²) in [6.07, 6.45) is 7.66. The molecule has 0 unspecified atom stereocenters. The molecule has 0 aromatic heterocycles. The molecule has 9 heteroatoms. The second-order valence-corrected chi connectivity index (χ2v) is 15.1. The summed E-state index contributed by atoms with van der Waals surface area (Å²) >= 11 is 5.86. The number of nitrogens with zero attached hydrogens (tertiary/aromatic N) is 3. The van der Waals surface area contributed by atoms with Gasteiger partial charge in [0, 0.05) is 74.4 Å². The van der Waals surface area contributed by atoms with Crippen LogP contribution in [0.2, 0.25) is 5.02 Å². The summed E-state index contributed by atoms with van der Waals surface area (Å²) in [7, 11) is 0. The number of nitrogens with one attached hydrogen (secondary N) is 1. The first-order valence-electron chi connectivity index (χ1n) is 19.9. The van der Waals surface area contributed by atoms with Gasteiger partial charge in [0.25, 0.3) is 5.91 Å². The van der Waals surface area contributed by atoms with E-state index in [2.05, 4.69) is 44.3 Å². The third-order valence-corrected chi connectivity index (χ3v) is 10.9. The molecule has 0 radical (unpaired) electrons. The Morgan fingerprint density at radius 3 is 1.81 bits per heavy atom. The van der Waals surface area contributed by atoms with Crippen LogP contribution in [0.25, 0.3) is 6.08 Å². The Kier molecular flexibility index (Phi) is 15.7. The Labute approximate surface area is 340 Å². The Morgan fingerprint density at radius 2 is 1.23 bits per heavy atom. The molecule has 2 saturated heterocycles. The maximum Gasteiger partial charge on any atom is 0.251 e. The number of hydrogen-bond donors (Lipinski definition) is 1. The number of piperidine rings is 1. The number of benzene rings is 5. The van der Waals surface area contributed by atoms with E-state index in [-0.39, 0.29) is 35.4 Å². The van der Waals surface area contributed by atoms with Crippen LogP contribution in [-0.2, 0) is 0 Å². The monoisotopic (exact) mass is 788 g/mol. The van der Waals surface area contributed by atoms with Gasteiger partial charge >= 0.3 is 0 Å². The van der Waals surface area contributed by atoms with Crippen molar-refractivity contribution in [2.75, 3.05) is 52.4 Å². The van der Waals surface area contributed by atoms with Gasteiger partial charge in [0.2, 0.25) is 0 Å². The molecule has 1 N–H and O–H groups in total. The molecule has 0 bridgehead atoms. The molecule has 2 heterocycles. The average molecular weight is 789 g/mol. The molecule has 6 nitrogen and oxygen atoms in total. The van der Waals surface area contributed by atoms with Gasteiger partial charge in [-0.2, -0.15) is 0 Å². The third-order valence-electron chi connectivity index (χ3n) is 10.6. The van der Waals surface area contributed by atoms with Crippen molar-refractivity contribution in [1.82, 2.24) is 20.0 Å². The molecule has 2 aliphatic rings. The molecule has 2 fully saturated rings. The van der Waals surface area contributed by atoms with Gasteiger partial charge in [0.1, 0.15) is 11.6 Å². The van der Waals surface area contributed by atoms with Crippen LogP contribution < -0.4 is 5.32 Å². The fraction of sp³-hybridized carbons (Fsp3) is 0.292. The number of amides is 1. The van der Waals surface area contributed by atoms with Gasteiger partial charge in [-0.1, -0.05) is 96.5 Å². The third kappa shape index (κ3) is 13.0. The van der Waals surface area contributed by atoms with Gasteiger partial charge in [0.05, 0.1) is 6.04 Å². The van der Waals surface area contributed by atoms with E-state index < -0.39 is 0 Å². The highest BCUT2D eigenvalue weighted by Crippen LogP contribution is 2.30. The zero-order valence-electron chi connectivity index (χ0n) is 32.3. The molecule has 5 aromatic carbocycles. The second kappa shape index (κ2) is 21.5. The minimum atomic E-state index is -0.244. The lowest BCUT2D eigenvalue weighted by atomic mass is 9.96. The van der Waals surface area contributed by atoms with Crippen molar-refractivity contribution in [2.24, 2.45) is 0 Å². The molecule has 296 valence electrons. The molecule has 2 aliphatic heterocycles. The van der Waals surface area contributed by atoms with Gasteiger partial charge in [-0.15, -0.1) is 0 Å². The highest BCUT2D eigenvalue weighted by molar-refractivity contribution is 6.30. The quantitative estimate of drug-likeness (QED) is 0.121. The predicted molar refractivity (Wildman–Crippen MR) is 227 cm³/mol. The Balaban J connectivity index is 0.000000194. The molecular weight excluding hydrogens is 738 g/mol. The molecule has 1 amide bonds. The summed E-state index contributed by atoms with van der Waals surface area (Å²) in [6, 6.07) is 40.3. The maximum atomic E-state index is 13.5. The molecule has 57 heavy (non-hydrogen) atoms. The second-order valence-electron chi connectivity index (χ2n) is 14.6. The topological polar surface area (TPSA) is 55.9 Å². The number of piperazine rings is 1. The first kappa shape index (κ1) is 41.6. The number of carbonyl (C=O) groups excluding carboxylic acids is 2. The summed E-state index contributed by atoms with van der Waals surface area (Å²) in [4.78, 5) is 31.6. The van der Waals surface area contributed by atoms with Crippen LogP contribution in [0.15, 0.2) is 140 Å².